The Balaban J connectivity index is 0.00000243. The summed E-state index contributed by atoms with van der Waals surface area (Å²) in [5, 5.41) is 2.18. The Kier molecular flexibility index (Phi) is 6.75. The summed E-state index contributed by atoms with van der Waals surface area (Å²) in [5.41, 5.74) is 9.22. The average molecular weight is 394 g/mol. The van der Waals surface area contributed by atoms with E-state index in [1.807, 2.05) is 17.4 Å². The van der Waals surface area contributed by atoms with Crippen molar-refractivity contribution in [3.8, 4) is 5.75 Å². The molecule has 0 fully saturated rings. The minimum Gasteiger partial charge on any atom is -0.424 e. The molecule has 5 heteroatoms. The summed E-state index contributed by atoms with van der Waals surface area (Å²) < 4.78 is 5.42. The van der Waals surface area contributed by atoms with E-state index in [9.17, 15) is 4.79 Å². The Hall–Kier alpha value is -1.52. The minimum absolute atomic E-state index is 0. The van der Waals surface area contributed by atoms with Crippen LogP contribution in [0.1, 0.15) is 56.0 Å². The lowest BCUT2D eigenvalue weighted by Gasteiger charge is -2.40. The SMILES string of the molecule is CCCC(C)(c1cccs1)[C@H]1CCc2c(ccc(N)c2OC(C)=O)C1.Cl. The molecule has 0 aliphatic heterocycles. The molecule has 0 spiro atoms. The van der Waals surface area contributed by atoms with E-state index in [1.165, 1.54) is 30.2 Å². The number of carbonyl (C=O) groups is 1. The maximum Gasteiger partial charge on any atom is 0.308 e. The van der Waals surface area contributed by atoms with Crippen LogP contribution >= 0.6 is 23.7 Å². The number of nitrogens with two attached hydrogens (primary N) is 1. The number of hydrogen-bond acceptors (Lipinski definition) is 4. The zero-order valence-corrected chi connectivity index (χ0v) is 17.3. The van der Waals surface area contributed by atoms with Gasteiger partial charge in [-0.1, -0.05) is 32.4 Å². The lowest BCUT2D eigenvalue weighted by Crippen LogP contribution is -2.35. The molecular weight excluding hydrogens is 366 g/mol. The summed E-state index contributed by atoms with van der Waals surface area (Å²) in [7, 11) is 0. The molecule has 3 nitrogen and oxygen atoms in total. The molecule has 142 valence electrons. The number of nitrogen functional groups attached to an aromatic ring is 1. The Morgan fingerprint density at radius 3 is 2.77 bits per heavy atom. The number of fused-ring (bicyclic) bond motifs is 1. The Morgan fingerprint density at radius 2 is 2.15 bits per heavy atom. The monoisotopic (exact) mass is 393 g/mol. The van der Waals surface area contributed by atoms with Gasteiger partial charge in [0.05, 0.1) is 5.69 Å². The summed E-state index contributed by atoms with van der Waals surface area (Å²) in [6, 6.07) is 8.43. The smallest absolute Gasteiger partial charge is 0.308 e. The third kappa shape index (κ3) is 3.91. The summed E-state index contributed by atoms with van der Waals surface area (Å²) in [5.74, 6) is 0.862. The van der Waals surface area contributed by atoms with Gasteiger partial charge in [-0.05, 0) is 54.7 Å². The van der Waals surface area contributed by atoms with Crippen molar-refractivity contribution >= 4 is 35.4 Å². The van der Waals surface area contributed by atoms with Crippen molar-refractivity contribution in [2.24, 2.45) is 5.92 Å². The van der Waals surface area contributed by atoms with Crippen molar-refractivity contribution in [1.82, 2.24) is 0 Å². The summed E-state index contributed by atoms with van der Waals surface area (Å²) in [4.78, 5) is 12.9. The molecule has 1 aliphatic carbocycles. The first-order chi connectivity index (χ1) is 12.0. The van der Waals surface area contributed by atoms with Crippen LogP contribution in [0, 0.1) is 5.92 Å². The second-order valence-corrected chi connectivity index (χ2v) is 8.25. The van der Waals surface area contributed by atoms with Crippen molar-refractivity contribution < 1.29 is 9.53 Å². The molecule has 26 heavy (non-hydrogen) atoms. The van der Waals surface area contributed by atoms with Gasteiger partial charge in [0, 0.05) is 22.8 Å². The average Bonchev–Trinajstić information content (AvgIpc) is 3.12. The van der Waals surface area contributed by atoms with Gasteiger partial charge >= 0.3 is 5.97 Å². The van der Waals surface area contributed by atoms with Gasteiger partial charge in [-0.15, -0.1) is 23.7 Å². The van der Waals surface area contributed by atoms with Crippen molar-refractivity contribution in [1.29, 1.82) is 0 Å². The fraction of sp³-hybridized carbons (Fsp3) is 0.476. The number of anilines is 1. The first-order valence-electron chi connectivity index (χ1n) is 9.08. The van der Waals surface area contributed by atoms with Crippen molar-refractivity contribution in [2.75, 3.05) is 5.73 Å². The van der Waals surface area contributed by atoms with Gasteiger partial charge < -0.3 is 10.5 Å². The lowest BCUT2D eigenvalue weighted by molar-refractivity contribution is -0.131. The number of hydrogen-bond donors (Lipinski definition) is 1. The van der Waals surface area contributed by atoms with Crippen LogP contribution in [-0.4, -0.2) is 5.97 Å². The number of esters is 1. The van der Waals surface area contributed by atoms with Crippen molar-refractivity contribution in [3.05, 3.63) is 45.6 Å². The molecule has 1 aromatic carbocycles. The van der Waals surface area contributed by atoms with Gasteiger partial charge in [-0.25, -0.2) is 0 Å². The second kappa shape index (κ2) is 8.45. The fourth-order valence-corrected chi connectivity index (χ4v) is 5.30. The van der Waals surface area contributed by atoms with Gasteiger partial charge in [-0.3, -0.25) is 4.79 Å². The van der Waals surface area contributed by atoms with Gasteiger partial charge in [0.25, 0.3) is 0 Å². The molecule has 1 heterocycles. The Morgan fingerprint density at radius 1 is 1.38 bits per heavy atom. The largest absolute Gasteiger partial charge is 0.424 e. The highest BCUT2D eigenvalue weighted by atomic mass is 35.5. The maximum atomic E-state index is 11.4. The van der Waals surface area contributed by atoms with Crippen molar-refractivity contribution in [3.63, 3.8) is 0 Å². The number of thiophene rings is 1. The van der Waals surface area contributed by atoms with Crippen LogP contribution in [0.2, 0.25) is 0 Å². The number of benzene rings is 1. The second-order valence-electron chi connectivity index (χ2n) is 7.30. The molecule has 2 aromatic rings. The van der Waals surface area contributed by atoms with E-state index in [2.05, 4.69) is 37.4 Å². The maximum absolute atomic E-state index is 11.4. The first kappa shape index (κ1) is 20.8. The molecular formula is C21H28ClNO2S. The number of carbonyl (C=O) groups excluding carboxylic acids is 1. The molecule has 0 amide bonds. The van der Waals surface area contributed by atoms with E-state index in [4.69, 9.17) is 10.5 Å². The van der Waals surface area contributed by atoms with E-state index >= 15 is 0 Å². The molecule has 3 rings (SSSR count). The molecule has 2 N–H and O–H groups in total. The molecule has 0 saturated carbocycles. The zero-order chi connectivity index (χ0) is 18.0. The standard InChI is InChI=1S/C21H27NO2S.ClH/c1-4-11-21(3,19-6-5-12-25-19)16-8-9-17-15(13-16)7-10-18(22)20(17)24-14(2)23;/h5-7,10,12,16H,4,8-9,11,13,22H2,1-3H3;1H/t16-,21?;/m0./s1. The molecule has 0 saturated heterocycles. The molecule has 0 radical (unpaired) electrons. The highest BCUT2D eigenvalue weighted by Gasteiger charge is 2.38. The number of rotatable bonds is 5. The lowest BCUT2D eigenvalue weighted by atomic mass is 9.65. The van der Waals surface area contributed by atoms with Gasteiger partial charge in [0.15, 0.2) is 5.75 Å². The zero-order valence-electron chi connectivity index (χ0n) is 15.7. The van der Waals surface area contributed by atoms with Crippen LogP contribution in [0.4, 0.5) is 5.69 Å². The number of ether oxygens (including phenoxy) is 1. The van der Waals surface area contributed by atoms with Crippen LogP contribution < -0.4 is 10.5 Å². The quantitative estimate of drug-likeness (QED) is 0.412. The third-order valence-corrected chi connectivity index (χ3v) is 6.75. The minimum atomic E-state index is -0.309. The van der Waals surface area contributed by atoms with E-state index in [-0.39, 0.29) is 23.8 Å². The predicted octanol–water partition coefficient (Wildman–Crippen LogP) is 5.54. The van der Waals surface area contributed by atoms with E-state index in [0.717, 1.165) is 24.8 Å². The molecule has 1 aromatic heterocycles. The molecule has 0 bridgehead atoms. The summed E-state index contributed by atoms with van der Waals surface area (Å²) >= 11 is 1.87. The normalized spacial score (nSPS) is 18.3. The van der Waals surface area contributed by atoms with E-state index in [0.29, 0.717) is 17.4 Å². The van der Waals surface area contributed by atoms with Crippen LogP contribution in [0.5, 0.6) is 5.75 Å². The van der Waals surface area contributed by atoms with Crippen LogP contribution in [0.3, 0.4) is 0 Å². The number of halogens is 1. The molecule has 1 aliphatic rings. The van der Waals surface area contributed by atoms with Gasteiger partial charge in [0.1, 0.15) is 0 Å². The molecule has 1 unspecified atom stereocenters. The summed E-state index contributed by atoms with van der Waals surface area (Å²) in [6.07, 6.45) is 5.40. The van der Waals surface area contributed by atoms with E-state index in [1.54, 1.807) is 0 Å². The van der Waals surface area contributed by atoms with Gasteiger partial charge in [-0.2, -0.15) is 0 Å². The Labute approximate surface area is 166 Å². The van der Waals surface area contributed by atoms with Crippen molar-refractivity contribution in [2.45, 2.75) is 58.3 Å². The highest BCUT2D eigenvalue weighted by molar-refractivity contribution is 7.10. The van der Waals surface area contributed by atoms with E-state index < -0.39 is 0 Å². The summed E-state index contributed by atoms with van der Waals surface area (Å²) in [6.45, 7) is 6.12. The fourth-order valence-electron chi connectivity index (χ4n) is 4.30. The highest BCUT2D eigenvalue weighted by Crippen LogP contribution is 2.47. The first-order valence-corrected chi connectivity index (χ1v) is 9.96. The third-order valence-electron chi connectivity index (χ3n) is 5.60. The van der Waals surface area contributed by atoms with Gasteiger partial charge in [0.2, 0.25) is 0 Å². The van der Waals surface area contributed by atoms with Crippen LogP contribution in [0.15, 0.2) is 29.6 Å². The predicted molar refractivity (Wildman–Crippen MR) is 112 cm³/mol. The topological polar surface area (TPSA) is 52.3 Å². The van der Waals surface area contributed by atoms with Crippen LogP contribution in [0.25, 0.3) is 0 Å². The molecule has 2 atom stereocenters. The van der Waals surface area contributed by atoms with Crippen LogP contribution in [-0.2, 0) is 23.1 Å². The Bertz CT molecular complexity index is 760.